The van der Waals surface area contributed by atoms with Crippen molar-refractivity contribution in [3.63, 3.8) is 0 Å². The van der Waals surface area contributed by atoms with E-state index in [-0.39, 0.29) is 0 Å². The second-order valence-corrected chi connectivity index (χ2v) is 2.36. The first kappa shape index (κ1) is 7.02. The van der Waals surface area contributed by atoms with E-state index in [2.05, 4.69) is 39.1 Å². The van der Waals surface area contributed by atoms with Gasteiger partial charge in [0.25, 0.3) is 0 Å². The molecule has 0 aromatic carbocycles. The van der Waals surface area contributed by atoms with Crippen LogP contribution in [0, 0.1) is 0 Å². The molecule has 6 heavy (non-hydrogen) atoms. The highest BCUT2D eigenvalue weighted by Gasteiger charge is 1.81. The fourth-order valence-corrected chi connectivity index (χ4v) is 0.802. The second kappa shape index (κ2) is 6.02. The first-order valence-electron chi connectivity index (χ1n) is 1.85. The second-order valence-electron chi connectivity index (χ2n) is 0.921. The number of alkyl halides is 2. The van der Waals surface area contributed by atoms with Crippen LogP contribution in [0.2, 0.25) is 6.32 Å². The molecule has 0 nitrogen and oxygen atoms in total. The van der Waals surface area contributed by atoms with Crippen LogP contribution in [0.3, 0.4) is 0 Å². The lowest BCUT2D eigenvalue weighted by Crippen LogP contribution is -1.89. The fourth-order valence-electron chi connectivity index (χ4n) is 0.154. The Labute approximate surface area is 56.2 Å². The van der Waals surface area contributed by atoms with Gasteiger partial charge in [0.05, 0.1) is 0 Å². The van der Waals surface area contributed by atoms with Gasteiger partial charge in [-0.15, -0.1) is 15.9 Å². The Hall–Kier alpha value is 1.02. The van der Waals surface area contributed by atoms with Gasteiger partial charge in [-0.2, -0.15) is 0 Å². The van der Waals surface area contributed by atoms with E-state index in [1.807, 2.05) is 0 Å². The van der Waals surface area contributed by atoms with Crippen molar-refractivity contribution in [2.45, 2.75) is 6.32 Å². The van der Waals surface area contributed by atoms with Crippen molar-refractivity contribution in [2.75, 3.05) is 10.6 Å². The summed E-state index contributed by atoms with van der Waals surface area (Å²) in [6.45, 7) is 0. The minimum absolute atomic E-state index is 1.01. The lowest BCUT2D eigenvalue weighted by atomic mass is 9.79. The molecule has 0 rings (SSSR count). The van der Waals surface area contributed by atoms with E-state index in [1.54, 1.807) is 0 Å². The van der Waals surface area contributed by atoms with Crippen LogP contribution in [0.1, 0.15) is 0 Å². The molecule has 0 fully saturated rings. The summed E-state index contributed by atoms with van der Waals surface area (Å²) in [5.41, 5.74) is 0. The third-order valence-electron chi connectivity index (χ3n) is 0.422. The Morgan fingerprint density at radius 3 is 2.17 bits per heavy atom. The standard InChI is InChI=1S/C3H6BBr2/c5-2-1-4-3-6/h1-3H2. The summed E-state index contributed by atoms with van der Waals surface area (Å²) in [6.07, 6.45) is 1.16. The van der Waals surface area contributed by atoms with E-state index >= 15 is 0 Å². The summed E-state index contributed by atoms with van der Waals surface area (Å²) in [4.78, 5) is 0. The molecule has 0 saturated heterocycles. The monoisotopic (exact) mass is 211 g/mol. The first-order chi connectivity index (χ1) is 2.91. The normalized spacial score (nSPS) is 8.33. The van der Waals surface area contributed by atoms with E-state index in [0.717, 1.165) is 16.9 Å². The fraction of sp³-hybridized carbons (Fsp3) is 1.00. The third-order valence-corrected chi connectivity index (χ3v) is 1.34. The van der Waals surface area contributed by atoms with Crippen molar-refractivity contribution in [2.24, 2.45) is 0 Å². The topological polar surface area (TPSA) is 0 Å². The van der Waals surface area contributed by atoms with Gasteiger partial charge in [-0.25, -0.2) is 0 Å². The van der Waals surface area contributed by atoms with Gasteiger partial charge in [0, 0.05) is 0 Å². The zero-order valence-electron chi connectivity index (χ0n) is 3.45. The van der Waals surface area contributed by atoms with Gasteiger partial charge in [0.2, 0.25) is 0 Å². The smallest absolute Gasteiger partial charge is 0.102 e. The molecule has 1 radical (unpaired) electrons. The van der Waals surface area contributed by atoms with Crippen molar-refractivity contribution in [3.8, 4) is 0 Å². The van der Waals surface area contributed by atoms with Crippen LogP contribution in [0.25, 0.3) is 0 Å². The molecule has 0 aliphatic carbocycles. The highest BCUT2D eigenvalue weighted by molar-refractivity contribution is 9.09. The average Bonchev–Trinajstić information content (AvgIpc) is 1.61. The third kappa shape index (κ3) is 5.02. The van der Waals surface area contributed by atoms with Crippen molar-refractivity contribution >= 4 is 39.1 Å². The molecule has 0 bridgehead atoms. The predicted molar refractivity (Wildman–Crippen MR) is 38.1 cm³/mol. The molecular formula is C3H6BBr2. The zero-order valence-corrected chi connectivity index (χ0v) is 6.63. The first-order valence-corrected chi connectivity index (χ1v) is 4.09. The molecule has 0 N–H and O–H groups in total. The molecule has 0 aliphatic rings. The van der Waals surface area contributed by atoms with Gasteiger partial charge in [0.1, 0.15) is 7.28 Å². The number of halogens is 2. The molecule has 0 spiro atoms. The number of rotatable bonds is 3. The van der Waals surface area contributed by atoms with E-state index in [9.17, 15) is 0 Å². The van der Waals surface area contributed by atoms with Gasteiger partial charge in [-0.05, 0) is 10.6 Å². The highest BCUT2D eigenvalue weighted by atomic mass is 79.9. The van der Waals surface area contributed by atoms with E-state index in [0.29, 0.717) is 0 Å². The van der Waals surface area contributed by atoms with Crippen LogP contribution in [0.4, 0.5) is 0 Å². The maximum absolute atomic E-state index is 3.30. The molecule has 0 aromatic heterocycles. The summed E-state index contributed by atoms with van der Waals surface area (Å²) >= 11 is 6.57. The molecule has 0 amide bonds. The molecule has 0 atom stereocenters. The summed E-state index contributed by atoms with van der Waals surface area (Å²) in [6, 6.07) is 0. The molecular weight excluding hydrogens is 207 g/mol. The average molecular weight is 213 g/mol. The van der Waals surface area contributed by atoms with Gasteiger partial charge in [-0.1, -0.05) is 22.3 Å². The molecule has 3 heteroatoms. The van der Waals surface area contributed by atoms with Crippen molar-refractivity contribution in [1.29, 1.82) is 0 Å². The Kier molecular flexibility index (Phi) is 7.05. The Morgan fingerprint density at radius 1 is 1.33 bits per heavy atom. The van der Waals surface area contributed by atoms with Crippen LogP contribution < -0.4 is 0 Å². The van der Waals surface area contributed by atoms with E-state index < -0.39 is 0 Å². The van der Waals surface area contributed by atoms with Crippen LogP contribution in [0.5, 0.6) is 0 Å². The Balaban J connectivity index is 2.34. The van der Waals surface area contributed by atoms with Crippen molar-refractivity contribution in [1.82, 2.24) is 0 Å². The van der Waals surface area contributed by atoms with E-state index in [4.69, 9.17) is 0 Å². The van der Waals surface area contributed by atoms with E-state index in [1.165, 1.54) is 0 Å². The molecule has 0 aromatic rings. The van der Waals surface area contributed by atoms with Crippen LogP contribution in [-0.4, -0.2) is 17.8 Å². The highest BCUT2D eigenvalue weighted by Crippen LogP contribution is 1.87. The number of hydrogen-bond donors (Lipinski definition) is 0. The Morgan fingerprint density at radius 2 is 2.00 bits per heavy atom. The molecule has 35 valence electrons. The maximum Gasteiger partial charge on any atom is 0.124 e. The SMILES string of the molecule is BrC[B]CCBr. The quantitative estimate of drug-likeness (QED) is 0.381. The van der Waals surface area contributed by atoms with Gasteiger partial charge < -0.3 is 0 Å². The summed E-state index contributed by atoms with van der Waals surface area (Å²) in [5, 5.41) is 2.09. The molecule has 0 saturated carbocycles. The molecule has 0 aliphatic heterocycles. The Bertz CT molecular complexity index is 20.8. The largest absolute Gasteiger partial charge is 0.124 e. The molecule has 0 unspecified atom stereocenters. The summed E-state index contributed by atoms with van der Waals surface area (Å²) in [5.74, 6) is 0. The van der Waals surface area contributed by atoms with Crippen LogP contribution >= 0.6 is 31.9 Å². The van der Waals surface area contributed by atoms with Crippen molar-refractivity contribution < 1.29 is 0 Å². The number of hydrogen-bond acceptors (Lipinski definition) is 0. The molecule has 0 heterocycles. The minimum atomic E-state index is 1.01. The summed E-state index contributed by atoms with van der Waals surface area (Å²) in [7, 11) is 2.18. The van der Waals surface area contributed by atoms with Gasteiger partial charge in [-0.3, -0.25) is 0 Å². The lowest BCUT2D eigenvalue weighted by molar-refractivity contribution is 1.50. The van der Waals surface area contributed by atoms with Crippen LogP contribution in [-0.2, 0) is 0 Å². The minimum Gasteiger partial charge on any atom is -0.102 e. The van der Waals surface area contributed by atoms with Crippen LogP contribution in [0.15, 0.2) is 0 Å². The lowest BCUT2D eigenvalue weighted by Gasteiger charge is -1.81. The van der Waals surface area contributed by atoms with Crippen molar-refractivity contribution in [3.05, 3.63) is 0 Å². The van der Waals surface area contributed by atoms with Gasteiger partial charge in [0.15, 0.2) is 0 Å². The predicted octanol–water partition coefficient (Wildman–Crippen LogP) is 1.86. The van der Waals surface area contributed by atoms with Gasteiger partial charge >= 0.3 is 0 Å². The maximum atomic E-state index is 3.30. The summed E-state index contributed by atoms with van der Waals surface area (Å²) < 4.78 is 0. The zero-order chi connectivity index (χ0) is 4.83.